The molecule has 12 heavy (non-hydrogen) atoms. The van der Waals surface area contributed by atoms with Gasteiger partial charge in [0.05, 0.1) is 6.10 Å². The lowest BCUT2D eigenvalue weighted by Crippen LogP contribution is -2.42. The van der Waals surface area contributed by atoms with E-state index in [1.165, 1.54) is 6.42 Å². The van der Waals surface area contributed by atoms with E-state index in [9.17, 15) is 0 Å². The Balaban J connectivity index is 2.45. The lowest BCUT2D eigenvalue weighted by Gasteiger charge is -2.26. The summed E-state index contributed by atoms with van der Waals surface area (Å²) in [6, 6.07) is 0.229. The van der Waals surface area contributed by atoms with Crippen LogP contribution in [-0.2, 0) is 4.74 Å². The van der Waals surface area contributed by atoms with E-state index in [0.29, 0.717) is 17.9 Å². The maximum atomic E-state index is 6.10. The van der Waals surface area contributed by atoms with Crippen LogP contribution in [0.25, 0.3) is 0 Å². The predicted molar refractivity (Wildman–Crippen MR) is 51.0 cm³/mol. The second-order valence-corrected chi connectivity index (χ2v) is 4.06. The summed E-state index contributed by atoms with van der Waals surface area (Å²) in [4.78, 5) is 0. The first-order valence-corrected chi connectivity index (χ1v) is 5.04. The normalized spacial score (nSPS) is 35.0. The van der Waals surface area contributed by atoms with Crippen LogP contribution in [0.1, 0.15) is 33.6 Å². The summed E-state index contributed by atoms with van der Waals surface area (Å²) in [5.41, 5.74) is 6.10. The number of ether oxygens (including phenoxy) is 1. The molecule has 72 valence electrons. The SMILES string of the molecule is CCC(C)C(N)C1OCCC1C. The first kappa shape index (κ1) is 10.0. The van der Waals surface area contributed by atoms with Crippen molar-refractivity contribution in [2.75, 3.05) is 6.61 Å². The first-order valence-electron chi connectivity index (χ1n) is 5.04. The summed E-state index contributed by atoms with van der Waals surface area (Å²) in [6.45, 7) is 7.53. The number of rotatable bonds is 3. The van der Waals surface area contributed by atoms with Crippen molar-refractivity contribution in [1.82, 2.24) is 0 Å². The number of hydrogen-bond acceptors (Lipinski definition) is 2. The molecule has 1 aliphatic rings. The van der Waals surface area contributed by atoms with Crippen LogP contribution in [0.15, 0.2) is 0 Å². The van der Waals surface area contributed by atoms with Crippen LogP contribution in [0.5, 0.6) is 0 Å². The first-order chi connectivity index (χ1) is 5.66. The van der Waals surface area contributed by atoms with Crippen molar-refractivity contribution >= 4 is 0 Å². The number of hydrogen-bond donors (Lipinski definition) is 1. The molecule has 0 aromatic carbocycles. The van der Waals surface area contributed by atoms with Crippen LogP contribution in [0, 0.1) is 11.8 Å². The molecule has 2 N–H and O–H groups in total. The molecule has 0 saturated carbocycles. The molecule has 4 unspecified atom stereocenters. The Bertz CT molecular complexity index is 138. The van der Waals surface area contributed by atoms with Gasteiger partial charge in [0.15, 0.2) is 0 Å². The molecule has 0 aliphatic carbocycles. The average Bonchev–Trinajstić information content (AvgIpc) is 2.48. The van der Waals surface area contributed by atoms with Gasteiger partial charge in [-0.15, -0.1) is 0 Å². The van der Waals surface area contributed by atoms with E-state index >= 15 is 0 Å². The highest BCUT2D eigenvalue weighted by Crippen LogP contribution is 2.25. The van der Waals surface area contributed by atoms with Crippen molar-refractivity contribution in [2.24, 2.45) is 17.6 Å². The number of nitrogens with two attached hydrogens (primary N) is 1. The minimum atomic E-state index is 0.229. The Morgan fingerprint density at radius 3 is 2.67 bits per heavy atom. The van der Waals surface area contributed by atoms with Gasteiger partial charge in [-0.25, -0.2) is 0 Å². The molecular weight excluding hydrogens is 150 g/mol. The smallest absolute Gasteiger partial charge is 0.0754 e. The quantitative estimate of drug-likeness (QED) is 0.702. The van der Waals surface area contributed by atoms with Crippen molar-refractivity contribution in [3.05, 3.63) is 0 Å². The largest absolute Gasteiger partial charge is 0.376 e. The third kappa shape index (κ3) is 1.99. The summed E-state index contributed by atoms with van der Waals surface area (Å²) in [5.74, 6) is 1.23. The third-order valence-electron chi connectivity index (χ3n) is 3.12. The van der Waals surface area contributed by atoms with Crippen LogP contribution in [0.3, 0.4) is 0 Å². The van der Waals surface area contributed by atoms with Gasteiger partial charge < -0.3 is 10.5 Å². The highest BCUT2D eigenvalue weighted by molar-refractivity contribution is 4.85. The molecular formula is C10H21NO. The topological polar surface area (TPSA) is 35.2 Å². The molecule has 1 fully saturated rings. The lowest BCUT2D eigenvalue weighted by atomic mass is 9.89. The van der Waals surface area contributed by atoms with Gasteiger partial charge in [-0.2, -0.15) is 0 Å². The summed E-state index contributed by atoms with van der Waals surface area (Å²) >= 11 is 0. The fraction of sp³-hybridized carbons (Fsp3) is 1.00. The molecule has 0 spiro atoms. The van der Waals surface area contributed by atoms with Crippen molar-refractivity contribution in [2.45, 2.75) is 45.8 Å². The van der Waals surface area contributed by atoms with Crippen LogP contribution < -0.4 is 5.73 Å². The molecule has 0 radical (unpaired) electrons. The molecule has 1 saturated heterocycles. The van der Waals surface area contributed by atoms with Crippen molar-refractivity contribution in [1.29, 1.82) is 0 Å². The highest BCUT2D eigenvalue weighted by Gasteiger charge is 2.31. The molecule has 1 heterocycles. The van der Waals surface area contributed by atoms with E-state index < -0.39 is 0 Å². The third-order valence-corrected chi connectivity index (χ3v) is 3.12. The Kier molecular flexibility index (Phi) is 3.53. The lowest BCUT2D eigenvalue weighted by molar-refractivity contribution is 0.0565. The second kappa shape index (κ2) is 4.24. The van der Waals surface area contributed by atoms with Crippen LogP contribution in [-0.4, -0.2) is 18.8 Å². The Hall–Kier alpha value is -0.0800. The van der Waals surface area contributed by atoms with E-state index in [4.69, 9.17) is 10.5 Å². The van der Waals surface area contributed by atoms with Gasteiger partial charge in [0.2, 0.25) is 0 Å². The van der Waals surface area contributed by atoms with E-state index in [0.717, 1.165) is 13.0 Å². The van der Waals surface area contributed by atoms with E-state index in [1.807, 2.05) is 0 Å². The van der Waals surface area contributed by atoms with E-state index in [2.05, 4.69) is 20.8 Å². The minimum absolute atomic E-state index is 0.229. The summed E-state index contributed by atoms with van der Waals surface area (Å²) in [6.07, 6.45) is 2.63. The maximum absolute atomic E-state index is 6.10. The van der Waals surface area contributed by atoms with Gasteiger partial charge in [-0.3, -0.25) is 0 Å². The van der Waals surface area contributed by atoms with Gasteiger partial charge in [0.25, 0.3) is 0 Å². The zero-order valence-electron chi connectivity index (χ0n) is 8.42. The molecule has 4 atom stereocenters. The van der Waals surface area contributed by atoms with Gasteiger partial charge in [-0.05, 0) is 18.3 Å². The van der Waals surface area contributed by atoms with Crippen molar-refractivity contribution < 1.29 is 4.74 Å². The van der Waals surface area contributed by atoms with Crippen molar-refractivity contribution in [3.63, 3.8) is 0 Å². The fourth-order valence-corrected chi connectivity index (χ4v) is 1.80. The van der Waals surface area contributed by atoms with Crippen LogP contribution in [0.2, 0.25) is 0 Å². The highest BCUT2D eigenvalue weighted by atomic mass is 16.5. The van der Waals surface area contributed by atoms with Gasteiger partial charge in [0, 0.05) is 12.6 Å². The van der Waals surface area contributed by atoms with E-state index in [-0.39, 0.29) is 6.04 Å². The van der Waals surface area contributed by atoms with Gasteiger partial charge >= 0.3 is 0 Å². The zero-order chi connectivity index (χ0) is 9.14. The molecule has 1 aliphatic heterocycles. The van der Waals surface area contributed by atoms with Crippen LogP contribution >= 0.6 is 0 Å². The maximum Gasteiger partial charge on any atom is 0.0754 e. The van der Waals surface area contributed by atoms with Crippen LogP contribution in [0.4, 0.5) is 0 Å². The predicted octanol–water partition coefficient (Wildman–Crippen LogP) is 1.78. The standard InChI is InChI=1S/C10H21NO/c1-4-7(2)9(11)10-8(3)5-6-12-10/h7-10H,4-6,11H2,1-3H3. The summed E-state index contributed by atoms with van der Waals surface area (Å²) in [5, 5.41) is 0. The van der Waals surface area contributed by atoms with Gasteiger partial charge in [0.1, 0.15) is 0 Å². The minimum Gasteiger partial charge on any atom is -0.376 e. The molecule has 1 rings (SSSR count). The summed E-state index contributed by atoms with van der Waals surface area (Å²) < 4.78 is 5.62. The molecule has 2 nitrogen and oxygen atoms in total. The second-order valence-electron chi connectivity index (χ2n) is 4.06. The molecule has 0 amide bonds. The Morgan fingerprint density at radius 2 is 2.25 bits per heavy atom. The fourth-order valence-electron chi connectivity index (χ4n) is 1.80. The summed E-state index contributed by atoms with van der Waals surface area (Å²) in [7, 11) is 0. The zero-order valence-corrected chi connectivity index (χ0v) is 8.42. The van der Waals surface area contributed by atoms with E-state index in [1.54, 1.807) is 0 Å². The molecule has 0 aromatic rings. The molecule has 0 bridgehead atoms. The molecule has 0 aromatic heterocycles. The molecule has 2 heteroatoms. The Morgan fingerprint density at radius 1 is 1.58 bits per heavy atom. The monoisotopic (exact) mass is 171 g/mol. The Labute approximate surface area is 75.5 Å². The van der Waals surface area contributed by atoms with Crippen molar-refractivity contribution in [3.8, 4) is 0 Å². The average molecular weight is 171 g/mol. The van der Waals surface area contributed by atoms with Gasteiger partial charge in [-0.1, -0.05) is 27.2 Å².